The summed E-state index contributed by atoms with van der Waals surface area (Å²) in [5.74, 6) is -0.254. The molecule has 1 N–H and O–H groups in total. The molecule has 3 rings (SSSR count). The van der Waals surface area contributed by atoms with Gasteiger partial charge in [0.1, 0.15) is 12.3 Å². The average Bonchev–Trinajstić information content (AvgIpc) is 2.65. The Labute approximate surface area is 155 Å². The summed E-state index contributed by atoms with van der Waals surface area (Å²) in [5, 5.41) is 9.56. The summed E-state index contributed by atoms with van der Waals surface area (Å²) in [6.45, 7) is 1.71. The fraction of sp³-hybridized carbons (Fsp3) is 0.150. The molecule has 27 heavy (non-hydrogen) atoms. The van der Waals surface area contributed by atoms with Gasteiger partial charge in [0, 0.05) is 17.8 Å². The van der Waals surface area contributed by atoms with E-state index in [1.807, 2.05) is 19.1 Å². The normalized spacial score (nSPS) is 11.0. The summed E-state index contributed by atoms with van der Waals surface area (Å²) in [6, 6.07) is 11.4. The number of phenolic OH excluding ortho intramolecular Hbond substituents is 1. The van der Waals surface area contributed by atoms with Crippen LogP contribution in [0.1, 0.15) is 17.0 Å². The standard InChI is InChI=1S/C20H18N2O5/c1-13-4-3-5-18-21-15(11-19(24)22(13)18)12-27-20(25)9-7-14-6-8-16(23)17(10-14)26-2/h3-11,23H,12H2,1-2H3/b9-7+. The van der Waals surface area contributed by atoms with Crippen LogP contribution in [0.15, 0.2) is 53.3 Å². The maximum Gasteiger partial charge on any atom is 0.331 e. The van der Waals surface area contributed by atoms with Crippen molar-refractivity contribution in [3.8, 4) is 11.5 Å². The second kappa shape index (κ2) is 7.74. The summed E-state index contributed by atoms with van der Waals surface area (Å²) in [5.41, 5.74) is 2.09. The highest BCUT2D eigenvalue weighted by Crippen LogP contribution is 2.26. The van der Waals surface area contributed by atoms with Crippen LogP contribution in [0.4, 0.5) is 0 Å². The quantitative estimate of drug-likeness (QED) is 0.551. The third kappa shape index (κ3) is 4.14. The van der Waals surface area contributed by atoms with Gasteiger partial charge in [-0.15, -0.1) is 0 Å². The number of phenols is 1. The minimum atomic E-state index is -0.576. The first-order valence-electron chi connectivity index (χ1n) is 8.18. The fourth-order valence-corrected chi connectivity index (χ4v) is 2.59. The SMILES string of the molecule is COc1cc(/C=C/C(=O)OCc2cc(=O)n3c(C)cccc3n2)ccc1O. The number of hydrogen-bond acceptors (Lipinski definition) is 6. The highest BCUT2D eigenvalue weighted by atomic mass is 16.5. The lowest BCUT2D eigenvalue weighted by Crippen LogP contribution is -2.18. The van der Waals surface area contributed by atoms with Crippen molar-refractivity contribution in [3.63, 3.8) is 0 Å². The monoisotopic (exact) mass is 366 g/mol. The number of ether oxygens (including phenoxy) is 2. The van der Waals surface area contributed by atoms with Gasteiger partial charge in [-0.05, 0) is 42.8 Å². The molecule has 0 bridgehead atoms. The molecular formula is C20H18N2O5. The molecule has 0 aliphatic heterocycles. The fourth-order valence-electron chi connectivity index (χ4n) is 2.59. The van der Waals surface area contributed by atoms with Crippen LogP contribution in [0.3, 0.4) is 0 Å². The van der Waals surface area contributed by atoms with Gasteiger partial charge in [0.2, 0.25) is 0 Å². The molecule has 0 atom stereocenters. The predicted molar refractivity (Wildman–Crippen MR) is 99.7 cm³/mol. The van der Waals surface area contributed by atoms with Gasteiger partial charge < -0.3 is 14.6 Å². The van der Waals surface area contributed by atoms with Crippen molar-refractivity contribution in [2.45, 2.75) is 13.5 Å². The topological polar surface area (TPSA) is 90.1 Å². The van der Waals surface area contributed by atoms with Crippen molar-refractivity contribution < 1.29 is 19.4 Å². The van der Waals surface area contributed by atoms with Crippen LogP contribution >= 0.6 is 0 Å². The van der Waals surface area contributed by atoms with Crippen LogP contribution in [-0.2, 0) is 16.1 Å². The maximum atomic E-state index is 12.2. The van der Waals surface area contributed by atoms with Gasteiger partial charge in [-0.3, -0.25) is 9.20 Å². The highest BCUT2D eigenvalue weighted by Gasteiger charge is 2.06. The summed E-state index contributed by atoms with van der Waals surface area (Å²) in [4.78, 5) is 28.4. The van der Waals surface area contributed by atoms with Crippen molar-refractivity contribution in [2.24, 2.45) is 0 Å². The minimum Gasteiger partial charge on any atom is -0.504 e. The summed E-state index contributed by atoms with van der Waals surface area (Å²) in [6.07, 6.45) is 2.79. The number of nitrogens with zero attached hydrogens (tertiary/aromatic N) is 2. The number of carbonyl (C=O) groups is 1. The Kier molecular flexibility index (Phi) is 5.21. The van der Waals surface area contributed by atoms with Gasteiger partial charge in [0.05, 0.1) is 12.8 Å². The molecule has 0 fully saturated rings. The Morgan fingerprint density at radius 1 is 1.26 bits per heavy atom. The van der Waals surface area contributed by atoms with Crippen molar-refractivity contribution in [1.29, 1.82) is 0 Å². The number of rotatable bonds is 5. The van der Waals surface area contributed by atoms with Gasteiger partial charge in [-0.2, -0.15) is 0 Å². The molecule has 0 saturated carbocycles. The summed E-state index contributed by atoms with van der Waals surface area (Å²) >= 11 is 0. The number of aryl methyl sites for hydroxylation is 1. The maximum absolute atomic E-state index is 12.2. The van der Waals surface area contributed by atoms with Crippen molar-refractivity contribution in [1.82, 2.24) is 9.38 Å². The molecule has 1 aromatic carbocycles. The molecule has 0 radical (unpaired) electrons. The Morgan fingerprint density at radius 3 is 2.85 bits per heavy atom. The molecule has 7 heteroatoms. The second-order valence-corrected chi connectivity index (χ2v) is 5.82. The Bertz CT molecular complexity index is 1090. The van der Waals surface area contributed by atoms with Crippen LogP contribution in [0.25, 0.3) is 11.7 Å². The van der Waals surface area contributed by atoms with Crippen LogP contribution in [0, 0.1) is 6.92 Å². The molecule has 0 saturated heterocycles. The van der Waals surface area contributed by atoms with E-state index in [4.69, 9.17) is 9.47 Å². The van der Waals surface area contributed by atoms with Crippen molar-refractivity contribution >= 4 is 17.7 Å². The van der Waals surface area contributed by atoms with E-state index in [0.717, 1.165) is 5.69 Å². The van der Waals surface area contributed by atoms with Gasteiger partial charge in [0.15, 0.2) is 11.5 Å². The zero-order valence-electron chi connectivity index (χ0n) is 14.9. The third-order valence-corrected chi connectivity index (χ3v) is 3.91. The molecule has 3 aromatic rings. The van der Waals surface area contributed by atoms with Crippen LogP contribution in [0.2, 0.25) is 0 Å². The minimum absolute atomic E-state index is 0.0149. The van der Waals surface area contributed by atoms with Crippen LogP contribution in [0.5, 0.6) is 11.5 Å². The molecule has 2 aromatic heterocycles. The van der Waals surface area contributed by atoms with Crippen molar-refractivity contribution in [3.05, 3.63) is 75.8 Å². The van der Waals surface area contributed by atoms with Crippen molar-refractivity contribution in [2.75, 3.05) is 7.11 Å². The highest BCUT2D eigenvalue weighted by molar-refractivity contribution is 5.87. The summed E-state index contributed by atoms with van der Waals surface area (Å²) < 4.78 is 11.6. The summed E-state index contributed by atoms with van der Waals surface area (Å²) in [7, 11) is 1.44. The lowest BCUT2D eigenvalue weighted by atomic mass is 10.2. The van der Waals surface area contributed by atoms with E-state index >= 15 is 0 Å². The molecule has 7 nitrogen and oxygen atoms in total. The van der Waals surface area contributed by atoms with E-state index in [1.165, 1.54) is 35.8 Å². The lowest BCUT2D eigenvalue weighted by Gasteiger charge is -2.06. The number of methoxy groups -OCH3 is 1. The molecule has 0 unspecified atom stereocenters. The zero-order valence-corrected chi connectivity index (χ0v) is 14.9. The average molecular weight is 366 g/mol. The van der Waals surface area contributed by atoms with E-state index in [9.17, 15) is 14.7 Å². The number of hydrogen-bond donors (Lipinski definition) is 1. The Morgan fingerprint density at radius 2 is 2.07 bits per heavy atom. The molecule has 0 aliphatic rings. The number of benzene rings is 1. The van der Waals surface area contributed by atoms with Gasteiger partial charge in [-0.1, -0.05) is 12.1 Å². The van der Waals surface area contributed by atoms with E-state index in [0.29, 0.717) is 22.7 Å². The number of carbonyl (C=O) groups excluding carboxylic acids is 1. The predicted octanol–water partition coefficient (Wildman–Crippen LogP) is 2.47. The van der Waals surface area contributed by atoms with E-state index in [1.54, 1.807) is 18.2 Å². The zero-order chi connectivity index (χ0) is 19.4. The van der Waals surface area contributed by atoms with Gasteiger partial charge >= 0.3 is 5.97 Å². The second-order valence-electron chi connectivity index (χ2n) is 5.82. The molecule has 2 heterocycles. The number of aromatic nitrogens is 2. The number of pyridine rings is 1. The Balaban J connectivity index is 1.69. The van der Waals surface area contributed by atoms with Crippen LogP contribution < -0.4 is 10.3 Å². The molecular weight excluding hydrogens is 348 g/mol. The number of fused-ring (bicyclic) bond motifs is 1. The van der Waals surface area contributed by atoms with E-state index < -0.39 is 5.97 Å². The molecule has 138 valence electrons. The third-order valence-electron chi connectivity index (χ3n) is 3.91. The van der Waals surface area contributed by atoms with E-state index in [-0.39, 0.29) is 17.9 Å². The molecule has 0 spiro atoms. The van der Waals surface area contributed by atoms with Gasteiger partial charge in [-0.25, -0.2) is 9.78 Å². The lowest BCUT2D eigenvalue weighted by molar-refractivity contribution is -0.139. The van der Waals surface area contributed by atoms with E-state index in [2.05, 4.69) is 4.98 Å². The first-order valence-corrected chi connectivity index (χ1v) is 8.18. The van der Waals surface area contributed by atoms with Crippen LogP contribution in [-0.4, -0.2) is 27.6 Å². The largest absolute Gasteiger partial charge is 0.504 e. The van der Waals surface area contributed by atoms with Gasteiger partial charge in [0.25, 0.3) is 5.56 Å². The number of esters is 1. The smallest absolute Gasteiger partial charge is 0.331 e. The first kappa shape index (κ1) is 18.2. The molecule has 0 amide bonds. The Hall–Kier alpha value is -3.61. The first-order chi connectivity index (χ1) is 13.0. The molecule has 0 aliphatic carbocycles. The number of aromatic hydroxyl groups is 1.